The van der Waals surface area contributed by atoms with Crippen LogP contribution in [0.5, 0.6) is 0 Å². The summed E-state index contributed by atoms with van der Waals surface area (Å²) >= 11 is 0. The van der Waals surface area contributed by atoms with Gasteiger partial charge in [0.2, 0.25) is 0 Å². The van der Waals surface area contributed by atoms with Gasteiger partial charge in [0, 0.05) is 0 Å². The third kappa shape index (κ3) is 1.45. The van der Waals surface area contributed by atoms with Gasteiger partial charge in [-0.2, -0.15) is 5.10 Å². The predicted octanol–water partition coefficient (Wildman–Crippen LogP) is 2.17. The first-order chi connectivity index (χ1) is 6.50. The SMILES string of the molecule is CC(C)(C)N1N=C2CCCCC2C1=O. The Morgan fingerprint density at radius 2 is 2.07 bits per heavy atom. The molecule has 2 aliphatic rings. The van der Waals surface area contributed by atoms with Crippen LogP contribution in [0.15, 0.2) is 5.10 Å². The second kappa shape index (κ2) is 3.07. The number of carbonyl (C=O) groups is 1. The molecule has 0 spiro atoms. The van der Waals surface area contributed by atoms with Gasteiger partial charge in [0.15, 0.2) is 0 Å². The molecule has 0 aromatic rings. The van der Waals surface area contributed by atoms with E-state index < -0.39 is 0 Å². The predicted molar refractivity (Wildman–Crippen MR) is 56.0 cm³/mol. The van der Waals surface area contributed by atoms with E-state index in [0.29, 0.717) is 0 Å². The molecule has 1 fully saturated rings. The summed E-state index contributed by atoms with van der Waals surface area (Å²) in [5.74, 6) is 0.329. The van der Waals surface area contributed by atoms with Gasteiger partial charge in [-0.1, -0.05) is 6.42 Å². The van der Waals surface area contributed by atoms with Gasteiger partial charge < -0.3 is 0 Å². The summed E-state index contributed by atoms with van der Waals surface area (Å²) in [4.78, 5) is 12.0. The maximum Gasteiger partial charge on any atom is 0.252 e. The van der Waals surface area contributed by atoms with Crippen molar-refractivity contribution in [3.63, 3.8) is 0 Å². The van der Waals surface area contributed by atoms with Gasteiger partial charge in [-0.3, -0.25) is 4.79 Å². The van der Waals surface area contributed by atoms with Crippen molar-refractivity contribution in [2.75, 3.05) is 0 Å². The van der Waals surface area contributed by atoms with Gasteiger partial charge >= 0.3 is 0 Å². The molecular weight excluding hydrogens is 176 g/mol. The first kappa shape index (κ1) is 9.69. The van der Waals surface area contributed by atoms with Gasteiger partial charge in [-0.15, -0.1) is 0 Å². The van der Waals surface area contributed by atoms with Crippen molar-refractivity contribution < 1.29 is 4.79 Å². The van der Waals surface area contributed by atoms with Gasteiger partial charge in [-0.05, 0) is 40.0 Å². The lowest BCUT2D eigenvalue weighted by atomic mass is 9.87. The minimum Gasteiger partial charge on any atom is -0.272 e. The largest absolute Gasteiger partial charge is 0.272 e. The zero-order chi connectivity index (χ0) is 10.3. The summed E-state index contributed by atoms with van der Waals surface area (Å²) in [5, 5.41) is 6.14. The Labute approximate surface area is 85.2 Å². The topological polar surface area (TPSA) is 32.7 Å². The van der Waals surface area contributed by atoms with E-state index in [-0.39, 0.29) is 17.4 Å². The van der Waals surface area contributed by atoms with Crippen LogP contribution in [0, 0.1) is 5.92 Å². The highest BCUT2D eigenvalue weighted by Crippen LogP contribution is 2.32. The van der Waals surface area contributed by atoms with Crippen molar-refractivity contribution in [2.45, 2.75) is 52.0 Å². The molecule has 1 saturated carbocycles. The van der Waals surface area contributed by atoms with Gasteiger partial charge in [-0.25, -0.2) is 5.01 Å². The van der Waals surface area contributed by atoms with Crippen LogP contribution in [0.25, 0.3) is 0 Å². The maximum absolute atomic E-state index is 12.0. The second-order valence-corrected chi connectivity index (χ2v) is 5.21. The van der Waals surface area contributed by atoms with E-state index in [9.17, 15) is 4.79 Å². The summed E-state index contributed by atoms with van der Waals surface area (Å²) in [5.41, 5.74) is 0.956. The molecule has 0 N–H and O–H groups in total. The Morgan fingerprint density at radius 1 is 1.36 bits per heavy atom. The molecule has 0 radical (unpaired) electrons. The molecule has 0 aromatic heterocycles. The molecule has 0 aromatic carbocycles. The number of hydrazone groups is 1. The Morgan fingerprint density at radius 3 is 2.64 bits per heavy atom. The lowest BCUT2D eigenvalue weighted by molar-refractivity contribution is -0.136. The van der Waals surface area contributed by atoms with E-state index in [1.807, 2.05) is 20.8 Å². The number of nitrogens with zero attached hydrogens (tertiary/aromatic N) is 2. The maximum atomic E-state index is 12.0. The molecule has 1 atom stereocenters. The van der Waals surface area contributed by atoms with Crippen molar-refractivity contribution >= 4 is 11.6 Å². The number of amides is 1. The molecule has 78 valence electrons. The Bertz CT molecular complexity index is 288. The normalized spacial score (nSPS) is 27.6. The Hall–Kier alpha value is -0.860. The number of rotatable bonds is 0. The molecule has 1 heterocycles. The van der Waals surface area contributed by atoms with Crippen molar-refractivity contribution in [3.05, 3.63) is 0 Å². The van der Waals surface area contributed by atoms with Crippen molar-refractivity contribution in [3.8, 4) is 0 Å². The smallest absolute Gasteiger partial charge is 0.252 e. The number of fused-ring (bicyclic) bond motifs is 1. The summed E-state index contributed by atoms with van der Waals surface area (Å²) in [7, 11) is 0. The molecule has 1 aliphatic carbocycles. The molecule has 2 rings (SSSR count). The monoisotopic (exact) mass is 194 g/mol. The fourth-order valence-electron chi connectivity index (χ4n) is 2.19. The van der Waals surface area contributed by atoms with E-state index in [1.54, 1.807) is 5.01 Å². The number of hydrogen-bond acceptors (Lipinski definition) is 2. The van der Waals surface area contributed by atoms with E-state index in [0.717, 1.165) is 18.6 Å². The Balaban J connectivity index is 2.24. The van der Waals surface area contributed by atoms with Crippen LogP contribution in [0.1, 0.15) is 46.5 Å². The third-order valence-electron chi connectivity index (χ3n) is 2.95. The molecule has 3 nitrogen and oxygen atoms in total. The van der Waals surface area contributed by atoms with Gasteiger partial charge in [0.1, 0.15) is 0 Å². The van der Waals surface area contributed by atoms with Crippen LogP contribution in [0.3, 0.4) is 0 Å². The lowest BCUT2D eigenvalue weighted by Gasteiger charge is -2.28. The van der Waals surface area contributed by atoms with Crippen LogP contribution in [-0.2, 0) is 4.79 Å². The van der Waals surface area contributed by atoms with Crippen LogP contribution in [0.2, 0.25) is 0 Å². The standard InChI is InChI=1S/C11H18N2O/c1-11(2,3)13-10(14)8-6-4-5-7-9(8)12-13/h8H,4-7H2,1-3H3. The summed E-state index contributed by atoms with van der Waals surface area (Å²) < 4.78 is 0. The highest BCUT2D eigenvalue weighted by molar-refractivity contribution is 6.08. The van der Waals surface area contributed by atoms with Crippen LogP contribution < -0.4 is 0 Å². The minimum absolute atomic E-state index is 0.114. The highest BCUT2D eigenvalue weighted by Gasteiger charge is 2.41. The average molecular weight is 194 g/mol. The van der Waals surface area contributed by atoms with E-state index in [2.05, 4.69) is 5.10 Å². The molecule has 0 saturated heterocycles. The number of carbonyl (C=O) groups excluding carboxylic acids is 1. The molecule has 1 unspecified atom stereocenters. The molecular formula is C11H18N2O. The van der Waals surface area contributed by atoms with Crippen LogP contribution in [-0.4, -0.2) is 22.2 Å². The summed E-state index contributed by atoms with van der Waals surface area (Å²) in [6, 6.07) is 0. The molecule has 0 bridgehead atoms. The van der Waals surface area contributed by atoms with Crippen molar-refractivity contribution in [1.29, 1.82) is 0 Å². The second-order valence-electron chi connectivity index (χ2n) is 5.21. The van der Waals surface area contributed by atoms with Crippen molar-refractivity contribution in [2.24, 2.45) is 11.0 Å². The van der Waals surface area contributed by atoms with Crippen LogP contribution >= 0.6 is 0 Å². The van der Waals surface area contributed by atoms with E-state index in [1.165, 1.54) is 12.8 Å². The van der Waals surface area contributed by atoms with E-state index >= 15 is 0 Å². The van der Waals surface area contributed by atoms with Gasteiger partial charge in [0.05, 0.1) is 17.2 Å². The number of hydrogen-bond donors (Lipinski definition) is 0. The zero-order valence-corrected chi connectivity index (χ0v) is 9.21. The third-order valence-corrected chi connectivity index (χ3v) is 2.95. The average Bonchev–Trinajstić information content (AvgIpc) is 2.44. The molecule has 1 amide bonds. The first-order valence-corrected chi connectivity index (χ1v) is 5.41. The van der Waals surface area contributed by atoms with Gasteiger partial charge in [0.25, 0.3) is 5.91 Å². The highest BCUT2D eigenvalue weighted by atomic mass is 16.2. The minimum atomic E-state index is -0.165. The quantitative estimate of drug-likeness (QED) is 0.581. The lowest BCUT2D eigenvalue weighted by Crippen LogP contribution is -2.41. The zero-order valence-electron chi connectivity index (χ0n) is 9.21. The first-order valence-electron chi connectivity index (χ1n) is 5.41. The molecule has 1 aliphatic heterocycles. The van der Waals surface area contributed by atoms with Crippen molar-refractivity contribution in [1.82, 2.24) is 5.01 Å². The summed E-state index contributed by atoms with van der Waals surface area (Å²) in [6.07, 6.45) is 4.39. The fourth-order valence-corrected chi connectivity index (χ4v) is 2.19. The molecule has 3 heteroatoms. The van der Waals surface area contributed by atoms with E-state index in [4.69, 9.17) is 0 Å². The molecule has 14 heavy (non-hydrogen) atoms. The Kier molecular flexibility index (Phi) is 2.13. The summed E-state index contributed by atoms with van der Waals surface area (Å²) in [6.45, 7) is 6.10. The fraction of sp³-hybridized carbons (Fsp3) is 0.818. The van der Waals surface area contributed by atoms with Crippen LogP contribution in [0.4, 0.5) is 0 Å².